The molecule has 0 saturated carbocycles. The summed E-state index contributed by atoms with van der Waals surface area (Å²) in [6.45, 7) is 4.04. The number of hydrogen-bond acceptors (Lipinski definition) is 0. The predicted molar refractivity (Wildman–Crippen MR) is 54.1 cm³/mol. The summed E-state index contributed by atoms with van der Waals surface area (Å²) < 4.78 is 0. The monoisotopic (exact) mass is 184 g/mol. The van der Waals surface area contributed by atoms with Crippen LogP contribution in [0.25, 0.3) is 5.57 Å². The summed E-state index contributed by atoms with van der Waals surface area (Å²) in [5, 5.41) is 0. The minimum absolute atomic E-state index is 0.988. The quantitative estimate of drug-likeness (QED) is 0.674. The molecule has 0 spiro atoms. The van der Waals surface area contributed by atoms with Gasteiger partial charge in [0.05, 0.1) is 5.57 Å². The van der Waals surface area contributed by atoms with Crippen molar-refractivity contribution in [3.63, 3.8) is 0 Å². The van der Waals surface area contributed by atoms with Gasteiger partial charge in [-0.1, -0.05) is 36.9 Å². The topological polar surface area (TPSA) is 28.3 Å². The van der Waals surface area contributed by atoms with E-state index in [-0.39, 0.29) is 0 Å². The summed E-state index contributed by atoms with van der Waals surface area (Å²) in [4.78, 5) is 6.16. The molecule has 2 nitrogen and oxygen atoms in total. The summed E-state index contributed by atoms with van der Waals surface area (Å²) in [5.41, 5.74) is 3.12. The zero-order valence-corrected chi connectivity index (χ0v) is 7.83. The number of nitrogens with one attached hydrogen (secondary N) is 2. The van der Waals surface area contributed by atoms with Crippen LogP contribution >= 0.6 is 0 Å². The maximum absolute atomic E-state index is 4.04. The molecule has 1 heterocycles. The maximum atomic E-state index is 4.04. The second-order valence-electron chi connectivity index (χ2n) is 3.05. The fourth-order valence-electron chi connectivity index (χ4n) is 1.32. The lowest BCUT2D eigenvalue weighted by Crippen LogP contribution is -2.16. The van der Waals surface area contributed by atoms with Crippen LogP contribution in [-0.4, -0.2) is 0 Å². The van der Waals surface area contributed by atoms with E-state index in [4.69, 9.17) is 0 Å². The molecular formula is C12H12N2+2. The molecule has 0 atom stereocenters. The molecular weight excluding hydrogens is 172 g/mol. The molecule has 2 N–H and O–H groups in total. The Hall–Kier alpha value is -1.96. The first-order valence-corrected chi connectivity index (χ1v) is 4.50. The van der Waals surface area contributed by atoms with E-state index >= 15 is 0 Å². The number of benzene rings is 1. The first kappa shape index (κ1) is 8.63. The molecule has 2 rings (SSSR count). The molecule has 14 heavy (non-hydrogen) atoms. The van der Waals surface area contributed by atoms with Crippen LogP contribution in [0.2, 0.25) is 0 Å². The second-order valence-corrected chi connectivity index (χ2v) is 3.05. The van der Waals surface area contributed by atoms with Crippen LogP contribution in [0.3, 0.4) is 0 Å². The van der Waals surface area contributed by atoms with Crippen LogP contribution in [0.4, 0.5) is 0 Å². The molecule has 0 radical (unpaired) electrons. The first-order chi connectivity index (χ1) is 6.88. The van der Waals surface area contributed by atoms with Crippen LogP contribution in [0.1, 0.15) is 11.3 Å². The summed E-state index contributed by atoms with van der Waals surface area (Å²) in [7, 11) is 0. The van der Waals surface area contributed by atoms with Gasteiger partial charge in [0.15, 0.2) is 0 Å². The van der Waals surface area contributed by atoms with Gasteiger partial charge in [0.1, 0.15) is 0 Å². The van der Waals surface area contributed by atoms with Gasteiger partial charge in [-0.2, -0.15) is 0 Å². The largest absolute Gasteiger partial charge is 0.275 e. The van der Waals surface area contributed by atoms with E-state index in [0.29, 0.717) is 0 Å². The van der Waals surface area contributed by atoms with Gasteiger partial charge in [-0.25, -0.2) is 9.97 Å². The Morgan fingerprint density at radius 1 is 1.07 bits per heavy atom. The summed E-state index contributed by atoms with van der Waals surface area (Å²) >= 11 is 0. The number of aromatic amines is 2. The van der Waals surface area contributed by atoms with E-state index in [1.54, 1.807) is 0 Å². The van der Waals surface area contributed by atoms with Crippen LogP contribution in [0, 0.1) is 0 Å². The van der Waals surface area contributed by atoms with Crippen molar-refractivity contribution in [1.82, 2.24) is 0 Å². The highest BCUT2D eigenvalue weighted by Crippen LogP contribution is 2.15. The smallest absolute Gasteiger partial charge is 0.207 e. The Bertz CT molecular complexity index is 379. The molecule has 1 aromatic carbocycles. The minimum Gasteiger partial charge on any atom is -0.207 e. The van der Waals surface area contributed by atoms with Gasteiger partial charge in [0.25, 0.3) is 5.69 Å². The third-order valence-electron chi connectivity index (χ3n) is 2.09. The van der Waals surface area contributed by atoms with Crippen molar-refractivity contribution in [2.75, 3.05) is 0 Å². The van der Waals surface area contributed by atoms with Crippen molar-refractivity contribution >= 4 is 5.57 Å². The molecule has 0 saturated heterocycles. The molecule has 0 bridgehead atoms. The van der Waals surface area contributed by atoms with Crippen molar-refractivity contribution in [3.8, 4) is 0 Å². The summed E-state index contributed by atoms with van der Waals surface area (Å²) in [5.74, 6) is 0. The number of rotatable bonds is 2. The van der Waals surface area contributed by atoms with E-state index in [1.807, 2.05) is 48.9 Å². The lowest BCUT2D eigenvalue weighted by atomic mass is 10.1. The normalized spacial score (nSPS) is 9.71. The molecule has 0 aliphatic carbocycles. The molecule has 0 aliphatic heterocycles. The van der Waals surface area contributed by atoms with E-state index in [2.05, 4.69) is 16.5 Å². The Kier molecular flexibility index (Phi) is 2.36. The third-order valence-corrected chi connectivity index (χ3v) is 2.09. The summed E-state index contributed by atoms with van der Waals surface area (Å²) in [6, 6.07) is 10.1. The van der Waals surface area contributed by atoms with Crippen molar-refractivity contribution < 1.29 is 9.97 Å². The average molecular weight is 184 g/mol. The van der Waals surface area contributed by atoms with Gasteiger partial charge in [-0.15, -0.1) is 0 Å². The molecule has 2 aromatic rings. The Morgan fingerprint density at radius 2 is 1.86 bits per heavy atom. The fourth-order valence-corrected chi connectivity index (χ4v) is 1.32. The van der Waals surface area contributed by atoms with E-state index < -0.39 is 0 Å². The van der Waals surface area contributed by atoms with Crippen LogP contribution in [0.15, 0.2) is 55.5 Å². The molecule has 0 unspecified atom stereocenters. The average Bonchev–Trinajstić information content (AvgIpc) is 2.30. The Balaban J connectivity index is 2.35. The van der Waals surface area contributed by atoms with Crippen molar-refractivity contribution in [1.29, 1.82) is 0 Å². The maximum Gasteiger partial charge on any atom is 0.275 e. The van der Waals surface area contributed by atoms with Crippen molar-refractivity contribution in [3.05, 3.63) is 66.8 Å². The number of H-pyrrole nitrogens is 2. The highest BCUT2D eigenvalue weighted by molar-refractivity contribution is 5.73. The molecule has 0 aliphatic rings. The van der Waals surface area contributed by atoms with Crippen molar-refractivity contribution in [2.45, 2.75) is 0 Å². The van der Waals surface area contributed by atoms with Crippen LogP contribution in [-0.2, 0) is 0 Å². The van der Waals surface area contributed by atoms with Gasteiger partial charge < -0.3 is 0 Å². The van der Waals surface area contributed by atoms with Crippen LogP contribution < -0.4 is 9.97 Å². The molecule has 1 aromatic heterocycles. The van der Waals surface area contributed by atoms with Gasteiger partial charge in [-0.3, -0.25) is 0 Å². The minimum atomic E-state index is 0.988. The number of hydrogen-bond donors (Lipinski definition) is 0. The fraction of sp³-hybridized carbons (Fsp3) is 0. The molecule has 0 amide bonds. The molecule has 68 valence electrons. The Labute approximate surface area is 83.0 Å². The summed E-state index contributed by atoms with van der Waals surface area (Å²) in [6.07, 6.45) is 5.58. The van der Waals surface area contributed by atoms with Gasteiger partial charge in [0.2, 0.25) is 18.6 Å². The predicted octanol–water partition coefficient (Wildman–Crippen LogP) is 1.38. The SMILES string of the molecule is C=C(c1ccccc1)c1c[nH+]cc[nH+]1. The van der Waals surface area contributed by atoms with Gasteiger partial charge in [0, 0.05) is 0 Å². The zero-order valence-electron chi connectivity index (χ0n) is 7.83. The van der Waals surface area contributed by atoms with E-state index in [0.717, 1.165) is 16.8 Å². The number of aromatic nitrogens is 2. The Morgan fingerprint density at radius 3 is 2.50 bits per heavy atom. The van der Waals surface area contributed by atoms with Crippen LogP contribution in [0.5, 0.6) is 0 Å². The molecule has 2 heteroatoms. The molecule has 0 fully saturated rings. The van der Waals surface area contributed by atoms with E-state index in [1.165, 1.54) is 0 Å². The van der Waals surface area contributed by atoms with Gasteiger partial charge >= 0.3 is 0 Å². The van der Waals surface area contributed by atoms with Gasteiger partial charge in [-0.05, 0) is 5.56 Å². The second kappa shape index (κ2) is 3.83. The third kappa shape index (κ3) is 1.69. The van der Waals surface area contributed by atoms with E-state index in [9.17, 15) is 0 Å². The van der Waals surface area contributed by atoms with Crippen molar-refractivity contribution in [2.24, 2.45) is 0 Å². The standard InChI is InChI=1S/C12H10N2/c1-10(11-5-3-2-4-6-11)12-9-13-7-8-14-12/h2-9H,1H2/p+2. The highest BCUT2D eigenvalue weighted by Gasteiger charge is 2.10. The first-order valence-electron chi connectivity index (χ1n) is 4.50. The lowest BCUT2D eigenvalue weighted by molar-refractivity contribution is -0.450. The highest BCUT2D eigenvalue weighted by atomic mass is 14.8. The lowest BCUT2D eigenvalue weighted by Gasteiger charge is -1.97. The zero-order chi connectivity index (χ0) is 9.80.